The minimum absolute atomic E-state index is 0. The predicted molar refractivity (Wildman–Crippen MR) is 127 cm³/mol. The second-order valence-electron chi connectivity index (χ2n) is 8.47. The molecule has 4 nitrogen and oxygen atoms in total. The fraction of sp³-hybridized carbons (Fsp3) is 0.280. The number of ether oxygens (including phenoxy) is 1. The molecule has 3 aromatic carbocycles. The Kier molecular flexibility index (Phi) is 12.5. The summed E-state index contributed by atoms with van der Waals surface area (Å²) in [6, 6.07) is -0.178. The second-order valence-corrected chi connectivity index (χ2v) is 11.0. The highest BCUT2D eigenvalue weighted by Crippen LogP contribution is 2.38. The molecule has 0 atom stereocenters. The first-order chi connectivity index (χ1) is 20.5. The zero-order chi connectivity index (χ0) is 33.3. The Labute approximate surface area is 247 Å². The standard InChI is InChI=1S/C25H16F14O4Si.B/c1-3-41-44(42-4-2,7-40-25-13(28)9(26)5-10(27)14(25)29)43-6-8(11-15(30)19(34)23(38)20(35)16(11)31)12-17(32)21(36)24(39)22(37)18(12)33;/h5,8H,3-4,6-7H2,1-2H3;. The van der Waals surface area contributed by atoms with Crippen LogP contribution in [0.3, 0.4) is 0 Å². The van der Waals surface area contributed by atoms with Gasteiger partial charge in [-0.3, -0.25) is 0 Å². The summed E-state index contributed by atoms with van der Waals surface area (Å²) in [5, 5.41) is 0. The van der Waals surface area contributed by atoms with Crippen molar-refractivity contribution in [3.05, 3.63) is 98.6 Å². The molecule has 0 unspecified atom stereocenters. The Bertz CT molecular complexity index is 1420. The second kappa shape index (κ2) is 14.8. The molecule has 3 aromatic rings. The molecule has 0 saturated carbocycles. The van der Waals surface area contributed by atoms with Crippen LogP contribution in [0.25, 0.3) is 0 Å². The maximum absolute atomic E-state index is 14.8. The largest absolute Gasteiger partial charge is 0.540 e. The minimum Gasteiger partial charge on any atom is -0.483 e. The summed E-state index contributed by atoms with van der Waals surface area (Å²) < 4.78 is 219. The topological polar surface area (TPSA) is 36.9 Å². The molecule has 0 fully saturated rings. The average molecular weight is 685 g/mol. The highest BCUT2D eigenvalue weighted by atomic mass is 28.4. The van der Waals surface area contributed by atoms with Crippen molar-refractivity contribution in [2.75, 3.05) is 26.1 Å². The molecule has 20 heteroatoms. The molecular weight excluding hydrogens is 669 g/mol. The smallest absolute Gasteiger partial charge is 0.483 e. The SMILES string of the molecule is CCO[Si](COc1c(F)c(F)cc(F)c1F)(OCC)OCC(c1c(F)c(F)c(F)c(F)c1F)c1c(F)c(F)c(F)c(F)c1F.[B]. The van der Waals surface area contributed by atoms with E-state index in [1.807, 2.05) is 0 Å². The summed E-state index contributed by atoms with van der Waals surface area (Å²) in [6.45, 7) is -0.270. The van der Waals surface area contributed by atoms with E-state index in [1.54, 1.807) is 0 Å². The first kappa shape index (κ1) is 37.8. The Morgan fingerprint density at radius 2 is 0.844 bits per heavy atom. The lowest BCUT2D eigenvalue weighted by atomic mass is 9.89. The predicted octanol–water partition coefficient (Wildman–Crippen LogP) is 7.03. The van der Waals surface area contributed by atoms with E-state index in [-0.39, 0.29) is 14.5 Å². The van der Waals surface area contributed by atoms with E-state index in [2.05, 4.69) is 0 Å². The van der Waals surface area contributed by atoms with Crippen LogP contribution >= 0.6 is 0 Å². The van der Waals surface area contributed by atoms with Crippen LogP contribution in [0, 0.1) is 81.4 Å². The highest BCUT2D eigenvalue weighted by Gasteiger charge is 2.46. The summed E-state index contributed by atoms with van der Waals surface area (Å²) in [5.41, 5.74) is -4.24. The zero-order valence-electron chi connectivity index (χ0n) is 22.5. The molecule has 3 rings (SSSR count). The molecular formula is C25H16BF14O4Si. The van der Waals surface area contributed by atoms with Crippen molar-refractivity contribution in [1.29, 1.82) is 0 Å². The lowest BCUT2D eigenvalue weighted by Crippen LogP contribution is -2.52. The van der Waals surface area contributed by atoms with Crippen LogP contribution in [-0.4, -0.2) is 43.3 Å². The molecule has 3 radical (unpaired) electrons. The van der Waals surface area contributed by atoms with E-state index in [9.17, 15) is 61.5 Å². The third-order valence-corrected chi connectivity index (χ3v) is 8.41. The third kappa shape index (κ3) is 7.07. The summed E-state index contributed by atoms with van der Waals surface area (Å²) in [6.07, 6.45) is -1.34. The first-order valence-electron chi connectivity index (χ1n) is 11.9. The van der Waals surface area contributed by atoms with Gasteiger partial charge in [-0.1, -0.05) is 0 Å². The molecule has 0 N–H and O–H groups in total. The van der Waals surface area contributed by atoms with Crippen molar-refractivity contribution in [3.8, 4) is 5.75 Å². The van der Waals surface area contributed by atoms with Gasteiger partial charge < -0.3 is 18.0 Å². The molecule has 0 amide bonds. The Morgan fingerprint density at radius 3 is 1.18 bits per heavy atom. The van der Waals surface area contributed by atoms with Gasteiger partial charge in [0.25, 0.3) is 0 Å². The Balaban J connectivity index is 0.00000705. The lowest BCUT2D eigenvalue weighted by molar-refractivity contribution is 0.0459. The van der Waals surface area contributed by atoms with Gasteiger partial charge in [0.2, 0.25) is 23.3 Å². The van der Waals surface area contributed by atoms with Crippen LogP contribution < -0.4 is 4.74 Å². The van der Waals surface area contributed by atoms with Crippen molar-refractivity contribution < 1.29 is 79.5 Å². The third-order valence-electron chi connectivity index (χ3n) is 5.85. The van der Waals surface area contributed by atoms with Gasteiger partial charge in [0.1, 0.15) is 0 Å². The monoisotopic (exact) mass is 685 g/mol. The molecule has 0 aliphatic rings. The number of hydrogen-bond donors (Lipinski definition) is 0. The van der Waals surface area contributed by atoms with E-state index >= 15 is 0 Å². The van der Waals surface area contributed by atoms with Gasteiger partial charge in [-0.05, 0) is 13.8 Å². The number of halogens is 14. The zero-order valence-corrected chi connectivity index (χ0v) is 23.5. The van der Waals surface area contributed by atoms with E-state index in [4.69, 9.17) is 18.0 Å². The molecule has 0 saturated heterocycles. The van der Waals surface area contributed by atoms with Crippen LogP contribution in [0.1, 0.15) is 30.9 Å². The fourth-order valence-electron chi connectivity index (χ4n) is 3.91. The van der Waals surface area contributed by atoms with Crippen LogP contribution in [0.5, 0.6) is 5.75 Å². The van der Waals surface area contributed by atoms with Crippen molar-refractivity contribution in [3.63, 3.8) is 0 Å². The number of benzene rings is 3. The molecule has 245 valence electrons. The van der Waals surface area contributed by atoms with Crippen molar-refractivity contribution in [1.82, 2.24) is 0 Å². The maximum Gasteiger partial charge on any atom is 0.540 e. The van der Waals surface area contributed by atoms with Crippen LogP contribution in [0.4, 0.5) is 61.5 Å². The van der Waals surface area contributed by atoms with E-state index < -0.39 is 139 Å². The molecule has 0 aromatic heterocycles. The summed E-state index contributed by atoms with van der Waals surface area (Å²) in [5.74, 6) is -39.9. The molecule has 0 heterocycles. The van der Waals surface area contributed by atoms with Crippen molar-refractivity contribution in [2.45, 2.75) is 19.8 Å². The van der Waals surface area contributed by atoms with E-state index in [0.717, 1.165) is 0 Å². The lowest BCUT2D eigenvalue weighted by Gasteiger charge is -2.31. The van der Waals surface area contributed by atoms with Gasteiger partial charge >= 0.3 is 8.80 Å². The van der Waals surface area contributed by atoms with Crippen molar-refractivity contribution in [2.24, 2.45) is 0 Å². The van der Waals surface area contributed by atoms with E-state index in [0.29, 0.717) is 0 Å². The number of rotatable bonds is 12. The van der Waals surface area contributed by atoms with Gasteiger partial charge in [-0.15, -0.1) is 0 Å². The molecule has 0 bridgehead atoms. The van der Waals surface area contributed by atoms with Gasteiger partial charge in [0.15, 0.2) is 70.2 Å². The first-order valence-corrected chi connectivity index (χ1v) is 13.9. The average Bonchev–Trinajstić information content (AvgIpc) is 2.98. The van der Waals surface area contributed by atoms with Crippen molar-refractivity contribution >= 4 is 17.2 Å². The van der Waals surface area contributed by atoms with Gasteiger partial charge in [-0.25, -0.2) is 52.7 Å². The van der Waals surface area contributed by atoms with Crippen LogP contribution in [0.15, 0.2) is 6.07 Å². The normalized spacial score (nSPS) is 11.8. The van der Waals surface area contributed by atoms with E-state index in [1.165, 1.54) is 13.8 Å². The number of hydrogen-bond acceptors (Lipinski definition) is 4. The molecule has 0 aliphatic heterocycles. The Hall–Kier alpha value is -3.36. The molecule has 0 aliphatic carbocycles. The maximum atomic E-state index is 14.8. The quantitative estimate of drug-likeness (QED) is 0.0889. The van der Waals surface area contributed by atoms with Gasteiger partial charge in [0.05, 0.1) is 0 Å². The Morgan fingerprint density at radius 1 is 0.511 bits per heavy atom. The highest BCUT2D eigenvalue weighted by molar-refractivity contribution is 6.60. The summed E-state index contributed by atoms with van der Waals surface area (Å²) >= 11 is 0. The summed E-state index contributed by atoms with van der Waals surface area (Å²) in [7, 11) is -4.85. The van der Waals surface area contributed by atoms with Gasteiger partial charge in [0, 0.05) is 51.3 Å². The fourth-order valence-corrected chi connectivity index (χ4v) is 6.03. The summed E-state index contributed by atoms with van der Waals surface area (Å²) in [4.78, 5) is 0. The van der Waals surface area contributed by atoms with Gasteiger partial charge in [-0.2, -0.15) is 8.78 Å². The van der Waals surface area contributed by atoms with Crippen LogP contribution in [-0.2, 0) is 13.3 Å². The van der Waals surface area contributed by atoms with Crippen LogP contribution in [0.2, 0.25) is 0 Å². The molecule has 0 spiro atoms. The molecule has 45 heavy (non-hydrogen) atoms. The minimum atomic E-state index is -4.85.